The predicted molar refractivity (Wildman–Crippen MR) is 108 cm³/mol. The maximum atomic E-state index is 14.0. The SMILES string of the molecule is NC1=Nc2cc3c(cc2C2(C1)C(=O)N(Cc1ccc(C(F)(F)F)o1)c1ncccc12)OCO3. The lowest BCUT2D eigenvalue weighted by molar-refractivity contribution is -0.153. The summed E-state index contributed by atoms with van der Waals surface area (Å²) in [5.41, 5.74) is 6.51. The molecular weight excluding hydrogens is 441 g/mol. The van der Waals surface area contributed by atoms with Crippen molar-refractivity contribution < 1.29 is 31.9 Å². The second-order valence-electron chi connectivity index (χ2n) is 7.94. The van der Waals surface area contributed by atoms with Crippen LogP contribution >= 0.6 is 0 Å². The standard InChI is InChI=1S/C22H15F3N4O4/c23-22(24,25)17-4-3-11(33-17)9-29-19-12(2-1-5-27-19)21(20(29)30)8-18(26)28-14-7-16-15(6-13(14)21)31-10-32-16/h1-7H,8-10H2,(H2,26,28). The lowest BCUT2D eigenvalue weighted by atomic mass is 9.71. The summed E-state index contributed by atoms with van der Waals surface area (Å²) < 4.78 is 54.9. The fourth-order valence-electron chi connectivity index (χ4n) is 4.66. The average molecular weight is 456 g/mol. The van der Waals surface area contributed by atoms with Crippen LogP contribution in [-0.4, -0.2) is 23.5 Å². The first-order valence-electron chi connectivity index (χ1n) is 9.98. The van der Waals surface area contributed by atoms with Crippen LogP contribution in [0.25, 0.3) is 0 Å². The lowest BCUT2D eigenvalue weighted by Crippen LogP contribution is -2.45. The van der Waals surface area contributed by atoms with Gasteiger partial charge in [0.1, 0.15) is 22.8 Å². The van der Waals surface area contributed by atoms with Gasteiger partial charge in [-0.05, 0) is 24.3 Å². The Kier molecular flexibility index (Phi) is 3.87. The Morgan fingerprint density at radius 2 is 1.91 bits per heavy atom. The van der Waals surface area contributed by atoms with Crippen LogP contribution in [0.15, 0.2) is 52.0 Å². The largest absolute Gasteiger partial charge is 0.455 e. The Bertz CT molecular complexity index is 1350. The van der Waals surface area contributed by atoms with Crippen molar-refractivity contribution in [2.75, 3.05) is 11.7 Å². The van der Waals surface area contributed by atoms with Gasteiger partial charge in [-0.2, -0.15) is 13.2 Å². The Morgan fingerprint density at radius 1 is 1.12 bits per heavy atom. The quantitative estimate of drug-likeness (QED) is 0.632. The summed E-state index contributed by atoms with van der Waals surface area (Å²) in [6, 6.07) is 8.87. The summed E-state index contributed by atoms with van der Waals surface area (Å²) in [4.78, 5) is 24.1. The van der Waals surface area contributed by atoms with Gasteiger partial charge >= 0.3 is 6.18 Å². The number of hydrogen-bond donors (Lipinski definition) is 1. The van der Waals surface area contributed by atoms with E-state index in [1.807, 2.05) is 0 Å². The number of anilines is 1. The number of furan rings is 1. The Labute approximate surface area is 184 Å². The van der Waals surface area contributed by atoms with E-state index in [0.717, 1.165) is 6.07 Å². The summed E-state index contributed by atoms with van der Waals surface area (Å²) in [6.45, 7) is -0.180. The fraction of sp³-hybridized carbons (Fsp3) is 0.227. The lowest BCUT2D eigenvalue weighted by Gasteiger charge is -2.33. The van der Waals surface area contributed by atoms with Gasteiger partial charge in [-0.15, -0.1) is 0 Å². The van der Waals surface area contributed by atoms with Gasteiger partial charge in [0.25, 0.3) is 0 Å². The van der Waals surface area contributed by atoms with E-state index < -0.39 is 17.4 Å². The van der Waals surface area contributed by atoms with E-state index in [0.29, 0.717) is 34.1 Å². The summed E-state index contributed by atoms with van der Waals surface area (Å²) in [5, 5.41) is 0. The average Bonchev–Trinajstić information content (AvgIpc) is 3.48. The number of carbonyl (C=O) groups excluding carboxylic acids is 1. The van der Waals surface area contributed by atoms with Gasteiger partial charge < -0.3 is 19.6 Å². The molecule has 2 aromatic heterocycles. The number of alkyl halides is 3. The van der Waals surface area contributed by atoms with Gasteiger partial charge in [0.05, 0.1) is 12.2 Å². The molecule has 168 valence electrons. The van der Waals surface area contributed by atoms with Gasteiger partial charge in [-0.1, -0.05) is 6.07 Å². The number of rotatable bonds is 2. The number of amides is 1. The van der Waals surface area contributed by atoms with Crippen LogP contribution in [0.4, 0.5) is 24.7 Å². The number of hydrogen-bond acceptors (Lipinski definition) is 7. The Morgan fingerprint density at radius 3 is 2.67 bits per heavy atom. The molecular formula is C22H15F3N4O4. The Balaban J connectivity index is 1.49. The molecule has 33 heavy (non-hydrogen) atoms. The number of aromatic nitrogens is 1. The van der Waals surface area contributed by atoms with Crippen molar-refractivity contribution in [3.63, 3.8) is 0 Å². The number of fused-ring (bicyclic) bond motifs is 5. The first-order valence-corrected chi connectivity index (χ1v) is 9.98. The predicted octanol–water partition coefficient (Wildman–Crippen LogP) is 3.65. The number of pyridine rings is 1. The number of aliphatic imine (C=N–C) groups is 1. The van der Waals surface area contributed by atoms with E-state index in [2.05, 4.69) is 9.98 Å². The number of ether oxygens (including phenoxy) is 2. The highest BCUT2D eigenvalue weighted by atomic mass is 19.4. The minimum absolute atomic E-state index is 0.0207. The van der Waals surface area contributed by atoms with Crippen molar-refractivity contribution in [1.82, 2.24) is 4.98 Å². The van der Waals surface area contributed by atoms with Crippen molar-refractivity contribution in [2.24, 2.45) is 10.7 Å². The molecule has 1 amide bonds. The van der Waals surface area contributed by atoms with E-state index in [1.54, 1.807) is 24.3 Å². The molecule has 11 heteroatoms. The molecule has 0 saturated heterocycles. The molecule has 1 atom stereocenters. The number of benzene rings is 1. The number of halogens is 3. The molecule has 3 aromatic rings. The van der Waals surface area contributed by atoms with Gasteiger partial charge in [-0.25, -0.2) is 9.98 Å². The highest BCUT2D eigenvalue weighted by molar-refractivity contribution is 6.13. The van der Waals surface area contributed by atoms with Crippen LogP contribution < -0.4 is 20.1 Å². The van der Waals surface area contributed by atoms with E-state index in [9.17, 15) is 18.0 Å². The summed E-state index contributed by atoms with van der Waals surface area (Å²) in [7, 11) is 0. The number of amidine groups is 1. The smallest absolute Gasteiger partial charge is 0.449 e. The summed E-state index contributed by atoms with van der Waals surface area (Å²) in [5.74, 6) is -0.0128. The van der Waals surface area contributed by atoms with E-state index in [1.165, 1.54) is 17.2 Å². The van der Waals surface area contributed by atoms with Crippen LogP contribution in [0.2, 0.25) is 0 Å². The summed E-state index contributed by atoms with van der Waals surface area (Å²) in [6.07, 6.45) is -3.03. The van der Waals surface area contributed by atoms with Gasteiger partial charge in [0, 0.05) is 29.8 Å². The molecule has 6 rings (SSSR count). The van der Waals surface area contributed by atoms with Crippen molar-refractivity contribution in [1.29, 1.82) is 0 Å². The van der Waals surface area contributed by atoms with Crippen LogP contribution in [0.5, 0.6) is 11.5 Å². The number of nitrogens with two attached hydrogens (primary N) is 1. The second kappa shape index (κ2) is 6.50. The van der Waals surface area contributed by atoms with Crippen LogP contribution in [0, 0.1) is 0 Å². The van der Waals surface area contributed by atoms with E-state index in [4.69, 9.17) is 19.6 Å². The van der Waals surface area contributed by atoms with Crippen LogP contribution in [0.1, 0.15) is 29.1 Å². The van der Waals surface area contributed by atoms with Gasteiger partial charge in [0.2, 0.25) is 18.5 Å². The molecule has 1 aromatic carbocycles. The highest BCUT2D eigenvalue weighted by Crippen LogP contribution is 2.54. The molecule has 1 spiro atoms. The molecule has 0 bridgehead atoms. The molecule has 0 saturated carbocycles. The molecule has 8 nitrogen and oxygen atoms in total. The minimum Gasteiger partial charge on any atom is -0.455 e. The second-order valence-corrected chi connectivity index (χ2v) is 7.94. The van der Waals surface area contributed by atoms with E-state index in [-0.39, 0.29) is 37.3 Å². The normalized spacial score (nSPS) is 20.8. The van der Waals surface area contributed by atoms with Crippen LogP contribution in [0.3, 0.4) is 0 Å². The highest BCUT2D eigenvalue weighted by Gasteiger charge is 2.56. The topological polar surface area (TPSA) is 103 Å². The van der Waals surface area contributed by atoms with Crippen molar-refractivity contribution in [3.8, 4) is 11.5 Å². The fourth-order valence-corrected chi connectivity index (χ4v) is 4.66. The summed E-state index contributed by atoms with van der Waals surface area (Å²) >= 11 is 0. The zero-order chi connectivity index (χ0) is 23.0. The van der Waals surface area contributed by atoms with E-state index >= 15 is 0 Å². The first-order chi connectivity index (χ1) is 15.8. The zero-order valence-electron chi connectivity index (χ0n) is 16.8. The monoisotopic (exact) mass is 456 g/mol. The van der Waals surface area contributed by atoms with Gasteiger partial charge in [-0.3, -0.25) is 9.69 Å². The molecule has 5 heterocycles. The van der Waals surface area contributed by atoms with Crippen molar-refractivity contribution in [3.05, 3.63) is 65.2 Å². The molecule has 0 radical (unpaired) electrons. The first kappa shape index (κ1) is 19.6. The third-order valence-corrected chi connectivity index (χ3v) is 6.03. The third kappa shape index (κ3) is 2.74. The molecule has 2 N–H and O–H groups in total. The Hall–Kier alpha value is -4.02. The number of carbonyl (C=O) groups is 1. The minimum atomic E-state index is -4.62. The van der Waals surface area contributed by atoms with Crippen LogP contribution in [-0.2, 0) is 22.9 Å². The van der Waals surface area contributed by atoms with Crippen molar-refractivity contribution in [2.45, 2.75) is 24.6 Å². The molecule has 3 aliphatic heterocycles. The van der Waals surface area contributed by atoms with Gasteiger partial charge in [0.15, 0.2) is 11.5 Å². The molecule has 3 aliphatic rings. The molecule has 0 fully saturated rings. The maximum Gasteiger partial charge on any atom is 0.449 e. The zero-order valence-corrected chi connectivity index (χ0v) is 16.8. The van der Waals surface area contributed by atoms with Crippen molar-refractivity contribution >= 4 is 23.2 Å². The maximum absolute atomic E-state index is 14.0. The molecule has 1 unspecified atom stereocenters. The molecule has 0 aliphatic carbocycles. The number of nitrogens with zero attached hydrogens (tertiary/aromatic N) is 3. The third-order valence-electron chi connectivity index (χ3n) is 6.03.